The van der Waals surface area contributed by atoms with Crippen molar-refractivity contribution in [2.75, 3.05) is 0 Å². The number of nitrogens with one attached hydrogen (secondary N) is 1. The van der Waals surface area contributed by atoms with Crippen molar-refractivity contribution in [3.05, 3.63) is 15.6 Å². The van der Waals surface area contributed by atoms with Gasteiger partial charge in [-0.25, -0.2) is 4.98 Å². The lowest BCUT2D eigenvalue weighted by molar-refractivity contribution is 0.516. The van der Waals surface area contributed by atoms with Crippen LogP contribution in [0.15, 0.2) is 0 Å². The molecular formula is C16H30N2S. The third-order valence-electron chi connectivity index (χ3n) is 3.27. The molecule has 1 aromatic rings. The first-order valence-corrected chi connectivity index (χ1v) is 8.11. The van der Waals surface area contributed by atoms with Gasteiger partial charge < -0.3 is 5.32 Å². The smallest absolute Gasteiger partial charge is 0.0985 e. The third kappa shape index (κ3) is 4.57. The maximum atomic E-state index is 4.94. The molecule has 0 aliphatic carbocycles. The van der Waals surface area contributed by atoms with Gasteiger partial charge in [0.2, 0.25) is 0 Å². The van der Waals surface area contributed by atoms with Gasteiger partial charge in [-0.05, 0) is 13.3 Å². The average Bonchev–Trinajstić information content (AvgIpc) is 2.69. The van der Waals surface area contributed by atoms with E-state index in [1.54, 1.807) is 0 Å². The Bertz CT molecular complexity index is 407. The van der Waals surface area contributed by atoms with Crippen LogP contribution in [-0.4, -0.2) is 11.0 Å². The summed E-state index contributed by atoms with van der Waals surface area (Å²) in [5.74, 6) is 0. The predicted molar refractivity (Wildman–Crippen MR) is 86.1 cm³/mol. The molecule has 0 saturated heterocycles. The Labute approximate surface area is 123 Å². The Morgan fingerprint density at radius 2 is 1.68 bits per heavy atom. The van der Waals surface area contributed by atoms with Crippen molar-refractivity contribution < 1.29 is 0 Å². The molecule has 0 bridgehead atoms. The Balaban J connectivity index is 3.04. The molecule has 0 amide bonds. The summed E-state index contributed by atoms with van der Waals surface area (Å²) < 4.78 is 0. The summed E-state index contributed by atoms with van der Waals surface area (Å²) >= 11 is 1.87. The van der Waals surface area contributed by atoms with Crippen LogP contribution in [0.1, 0.15) is 77.4 Å². The second-order valence-corrected chi connectivity index (χ2v) is 8.56. The van der Waals surface area contributed by atoms with E-state index in [2.05, 4.69) is 60.7 Å². The SMILES string of the molecule is CCC(C)NCc1sc(C(C)(C)C)nc1C(C)(C)C. The standard InChI is InChI=1S/C16H30N2S/c1-9-11(2)17-10-12-13(15(3,4)5)18-14(19-12)16(6,7)8/h11,17H,9-10H2,1-8H3. The fourth-order valence-electron chi connectivity index (χ4n) is 1.79. The summed E-state index contributed by atoms with van der Waals surface area (Å²) in [5, 5.41) is 4.84. The quantitative estimate of drug-likeness (QED) is 0.871. The minimum atomic E-state index is 0.118. The number of thiazole rings is 1. The molecule has 1 heterocycles. The monoisotopic (exact) mass is 282 g/mol. The van der Waals surface area contributed by atoms with Gasteiger partial charge in [0.25, 0.3) is 0 Å². The van der Waals surface area contributed by atoms with Gasteiger partial charge in [0, 0.05) is 28.3 Å². The van der Waals surface area contributed by atoms with E-state index in [9.17, 15) is 0 Å². The van der Waals surface area contributed by atoms with Crippen molar-refractivity contribution in [3.8, 4) is 0 Å². The highest BCUT2D eigenvalue weighted by Crippen LogP contribution is 2.34. The van der Waals surface area contributed by atoms with E-state index in [1.165, 1.54) is 15.6 Å². The lowest BCUT2D eigenvalue weighted by Crippen LogP contribution is -2.25. The number of aromatic nitrogens is 1. The Morgan fingerprint density at radius 3 is 2.11 bits per heavy atom. The van der Waals surface area contributed by atoms with Crippen molar-refractivity contribution in [1.82, 2.24) is 10.3 Å². The summed E-state index contributed by atoms with van der Waals surface area (Å²) in [6, 6.07) is 0.563. The summed E-state index contributed by atoms with van der Waals surface area (Å²) in [6.07, 6.45) is 1.16. The molecule has 0 aliphatic heterocycles. The molecule has 0 aliphatic rings. The van der Waals surface area contributed by atoms with Gasteiger partial charge in [-0.1, -0.05) is 48.5 Å². The Morgan fingerprint density at radius 1 is 1.11 bits per heavy atom. The molecule has 0 aromatic carbocycles. The zero-order valence-corrected chi connectivity index (χ0v) is 14.7. The second kappa shape index (κ2) is 5.92. The maximum absolute atomic E-state index is 4.94. The molecule has 2 nitrogen and oxygen atoms in total. The van der Waals surface area contributed by atoms with Crippen LogP contribution in [0, 0.1) is 0 Å². The van der Waals surface area contributed by atoms with E-state index >= 15 is 0 Å². The first kappa shape index (κ1) is 16.6. The first-order chi connectivity index (χ1) is 8.55. The van der Waals surface area contributed by atoms with Crippen LogP contribution in [0.3, 0.4) is 0 Å². The lowest BCUT2D eigenvalue weighted by atomic mass is 9.90. The Kier molecular flexibility index (Phi) is 5.19. The molecule has 1 N–H and O–H groups in total. The van der Waals surface area contributed by atoms with Crippen LogP contribution in [0.2, 0.25) is 0 Å². The molecule has 0 radical (unpaired) electrons. The molecule has 110 valence electrons. The van der Waals surface area contributed by atoms with E-state index in [0.717, 1.165) is 13.0 Å². The summed E-state index contributed by atoms with van der Waals surface area (Å²) in [7, 11) is 0. The molecule has 1 atom stereocenters. The number of nitrogens with zero attached hydrogens (tertiary/aromatic N) is 1. The summed E-state index contributed by atoms with van der Waals surface area (Å²) in [5.41, 5.74) is 1.52. The van der Waals surface area contributed by atoms with Crippen molar-refractivity contribution in [2.45, 2.75) is 85.2 Å². The zero-order valence-electron chi connectivity index (χ0n) is 13.8. The second-order valence-electron chi connectivity index (χ2n) is 7.48. The van der Waals surface area contributed by atoms with Crippen LogP contribution in [0.5, 0.6) is 0 Å². The van der Waals surface area contributed by atoms with E-state index < -0.39 is 0 Å². The molecule has 0 spiro atoms. The molecule has 1 rings (SSSR count). The number of rotatable bonds is 4. The zero-order chi connectivity index (χ0) is 14.8. The van der Waals surface area contributed by atoms with Gasteiger partial charge in [-0.3, -0.25) is 0 Å². The number of hydrogen-bond donors (Lipinski definition) is 1. The van der Waals surface area contributed by atoms with E-state index in [0.29, 0.717) is 6.04 Å². The number of hydrogen-bond acceptors (Lipinski definition) is 3. The van der Waals surface area contributed by atoms with Gasteiger partial charge in [-0.15, -0.1) is 11.3 Å². The fraction of sp³-hybridized carbons (Fsp3) is 0.812. The highest BCUT2D eigenvalue weighted by molar-refractivity contribution is 7.11. The van der Waals surface area contributed by atoms with Crippen LogP contribution in [-0.2, 0) is 17.4 Å². The first-order valence-electron chi connectivity index (χ1n) is 7.29. The molecule has 3 heteroatoms. The molecule has 19 heavy (non-hydrogen) atoms. The topological polar surface area (TPSA) is 24.9 Å². The normalized spacial score (nSPS) is 14.7. The largest absolute Gasteiger partial charge is 0.309 e. The molecule has 0 saturated carbocycles. The van der Waals surface area contributed by atoms with Gasteiger partial charge in [0.15, 0.2) is 0 Å². The van der Waals surface area contributed by atoms with Crippen molar-refractivity contribution in [1.29, 1.82) is 0 Å². The van der Waals surface area contributed by atoms with Gasteiger partial charge in [0.1, 0.15) is 0 Å². The lowest BCUT2D eigenvalue weighted by Gasteiger charge is -2.19. The predicted octanol–water partition coefficient (Wildman–Crippen LogP) is 4.63. The van der Waals surface area contributed by atoms with Crippen LogP contribution >= 0.6 is 11.3 Å². The van der Waals surface area contributed by atoms with Crippen molar-refractivity contribution in [3.63, 3.8) is 0 Å². The molecule has 0 fully saturated rings. The average molecular weight is 282 g/mol. The summed E-state index contributed by atoms with van der Waals surface area (Å²) in [4.78, 5) is 6.34. The van der Waals surface area contributed by atoms with Crippen LogP contribution in [0.25, 0.3) is 0 Å². The highest BCUT2D eigenvalue weighted by Gasteiger charge is 2.27. The van der Waals surface area contributed by atoms with E-state index in [4.69, 9.17) is 4.98 Å². The van der Waals surface area contributed by atoms with Gasteiger partial charge in [-0.2, -0.15) is 0 Å². The van der Waals surface area contributed by atoms with Crippen molar-refractivity contribution >= 4 is 11.3 Å². The van der Waals surface area contributed by atoms with Crippen molar-refractivity contribution in [2.24, 2.45) is 0 Å². The fourth-order valence-corrected chi connectivity index (χ4v) is 3.07. The minimum Gasteiger partial charge on any atom is -0.309 e. The highest BCUT2D eigenvalue weighted by atomic mass is 32.1. The van der Waals surface area contributed by atoms with Gasteiger partial charge >= 0.3 is 0 Å². The maximum Gasteiger partial charge on any atom is 0.0985 e. The van der Waals surface area contributed by atoms with Gasteiger partial charge in [0.05, 0.1) is 10.7 Å². The minimum absolute atomic E-state index is 0.118. The Hall–Kier alpha value is -0.410. The molecule has 1 aromatic heterocycles. The summed E-state index contributed by atoms with van der Waals surface area (Å²) in [6.45, 7) is 18.9. The van der Waals surface area contributed by atoms with E-state index in [-0.39, 0.29) is 10.8 Å². The van der Waals surface area contributed by atoms with Crippen LogP contribution < -0.4 is 5.32 Å². The van der Waals surface area contributed by atoms with E-state index in [1.807, 2.05) is 11.3 Å². The third-order valence-corrected chi connectivity index (χ3v) is 4.75. The molecule has 1 unspecified atom stereocenters. The molecular weight excluding hydrogens is 252 g/mol. The van der Waals surface area contributed by atoms with Crippen LogP contribution in [0.4, 0.5) is 0 Å².